The molecular weight excluding hydrogens is 170 g/mol. The minimum absolute atomic E-state index is 0.436. The van der Waals surface area contributed by atoms with E-state index >= 15 is 0 Å². The molecule has 0 saturated heterocycles. The third kappa shape index (κ3) is 2.18. The van der Waals surface area contributed by atoms with Gasteiger partial charge in [-0.05, 0) is 18.6 Å². The lowest BCUT2D eigenvalue weighted by Gasteiger charge is -2.06. The van der Waals surface area contributed by atoms with Crippen molar-refractivity contribution < 1.29 is 14.6 Å². The van der Waals surface area contributed by atoms with Crippen LogP contribution in [0.25, 0.3) is 0 Å². The molecular formula is C9H11NO3. The fraction of sp³-hybridized carbons (Fsp3) is 0.333. The van der Waals surface area contributed by atoms with E-state index in [1.165, 1.54) is 13.3 Å². The number of carbonyl (C=O) groups is 1. The topological polar surface area (TPSA) is 59.4 Å². The first-order valence-corrected chi connectivity index (χ1v) is 3.88. The van der Waals surface area contributed by atoms with Crippen LogP contribution >= 0.6 is 0 Å². The van der Waals surface area contributed by atoms with Crippen LogP contribution in [0.5, 0.6) is 5.88 Å². The standard InChI is InChI=1S/C9H11NO3/c1-6(9(11)12)7-3-4-10-8(5-7)13-2/h3-6H,1-2H3,(H,11,12). The molecule has 0 aliphatic carbocycles. The molecule has 0 saturated carbocycles. The Bertz CT molecular complexity index is 311. The minimum Gasteiger partial charge on any atom is -0.481 e. The van der Waals surface area contributed by atoms with Gasteiger partial charge in [0.25, 0.3) is 0 Å². The Morgan fingerprint density at radius 3 is 2.92 bits per heavy atom. The Morgan fingerprint density at radius 2 is 2.38 bits per heavy atom. The predicted molar refractivity (Wildman–Crippen MR) is 46.8 cm³/mol. The molecule has 70 valence electrons. The number of ether oxygens (including phenoxy) is 1. The summed E-state index contributed by atoms with van der Waals surface area (Å²) in [5, 5.41) is 8.74. The average Bonchev–Trinajstić information content (AvgIpc) is 2.16. The van der Waals surface area contributed by atoms with Crippen LogP contribution in [0.1, 0.15) is 18.4 Å². The van der Waals surface area contributed by atoms with Gasteiger partial charge in [-0.25, -0.2) is 4.98 Å². The zero-order valence-corrected chi connectivity index (χ0v) is 7.52. The van der Waals surface area contributed by atoms with Crippen molar-refractivity contribution in [3.63, 3.8) is 0 Å². The minimum atomic E-state index is -0.853. The third-order valence-corrected chi connectivity index (χ3v) is 1.84. The third-order valence-electron chi connectivity index (χ3n) is 1.84. The highest BCUT2D eigenvalue weighted by Gasteiger charge is 2.13. The Morgan fingerprint density at radius 1 is 1.69 bits per heavy atom. The van der Waals surface area contributed by atoms with Crippen molar-refractivity contribution >= 4 is 5.97 Å². The number of methoxy groups -OCH3 is 1. The van der Waals surface area contributed by atoms with Gasteiger partial charge in [0, 0.05) is 12.3 Å². The largest absolute Gasteiger partial charge is 0.481 e. The highest BCUT2D eigenvalue weighted by Crippen LogP contribution is 2.18. The molecule has 0 aromatic carbocycles. The summed E-state index contributed by atoms with van der Waals surface area (Å²) in [6.45, 7) is 1.62. The number of hydrogen-bond donors (Lipinski definition) is 1. The van der Waals surface area contributed by atoms with E-state index in [9.17, 15) is 4.79 Å². The van der Waals surface area contributed by atoms with E-state index < -0.39 is 11.9 Å². The van der Waals surface area contributed by atoms with Gasteiger partial charge in [0.2, 0.25) is 5.88 Å². The summed E-state index contributed by atoms with van der Waals surface area (Å²) in [4.78, 5) is 14.5. The van der Waals surface area contributed by atoms with Crippen molar-refractivity contribution in [2.45, 2.75) is 12.8 Å². The maximum atomic E-state index is 10.6. The maximum absolute atomic E-state index is 10.6. The molecule has 1 N–H and O–H groups in total. The summed E-state index contributed by atoms with van der Waals surface area (Å²) < 4.78 is 4.88. The lowest BCUT2D eigenvalue weighted by Crippen LogP contribution is -2.07. The van der Waals surface area contributed by atoms with Gasteiger partial charge >= 0.3 is 5.97 Å². The lowest BCUT2D eigenvalue weighted by molar-refractivity contribution is -0.138. The highest BCUT2D eigenvalue weighted by molar-refractivity contribution is 5.75. The van der Waals surface area contributed by atoms with Crippen LogP contribution in [-0.2, 0) is 4.79 Å². The van der Waals surface area contributed by atoms with Crippen molar-refractivity contribution in [2.75, 3.05) is 7.11 Å². The molecule has 0 aliphatic rings. The van der Waals surface area contributed by atoms with Crippen LogP contribution in [-0.4, -0.2) is 23.2 Å². The smallest absolute Gasteiger partial charge is 0.310 e. The Labute approximate surface area is 76.2 Å². The van der Waals surface area contributed by atoms with Gasteiger partial charge in [-0.3, -0.25) is 4.79 Å². The molecule has 0 spiro atoms. The molecule has 1 aromatic rings. The molecule has 1 rings (SSSR count). The van der Waals surface area contributed by atoms with Crippen LogP contribution in [0.2, 0.25) is 0 Å². The first kappa shape index (κ1) is 9.51. The quantitative estimate of drug-likeness (QED) is 0.763. The second-order valence-corrected chi connectivity index (χ2v) is 2.69. The van der Waals surface area contributed by atoms with Crippen molar-refractivity contribution in [1.82, 2.24) is 4.98 Å². The van der Waals surface area contributed by atoms with E-state index in [1.54, 1.807) is 19.1 Å². The summed E-state index contributed by atoms with van der Waals surface area (Å²) in [6, 6.07) is 3.29. The fourth-order valence-electron chi connectivity index (χ4n) is 0.948. The van der Waals surface area contributed by atoms with Gasteiger partial charge in [0.15, 0.2) is 0 Å². The number of nitrogens with zero attached hydrogens (tertiary/aromatic N) is 1. The molecule has 0 aliphatic heterocycles. The molecule has 4 heteroatoms. The van der Waals surface area contributed by atoms with Crippen molar-refractivity contribution in [1.29, 1.82) is 0 Å². The molecule has 13 heavy (non-hydrogen) atoms. The van der Waals surface area contributed by atoms with E-state index in [2.05, 4.69) is 4.98 Å². The lowest BCUT2D eigenvalue weighted by atomic mass is 10.0. The zero-order valence-electron chi connectivity index (χ0n) is 7.52. The monoisotopic (exact) mass is 181 g/mol. The van der Waals surface area contributed by atoms with Gasteiger partial charge in [-0.1, -0.05) is 0 Å². The molecule has 1 heterocycles. The van der Waals surface area contributed by atoms with E-state index in [0.717, 1.165) is 0 Å². The summed E-state index contributed by atoms with van der Waals surface area (Å²) in [5.41, 5.74) is 0.694. The van der Waals surface area contributed by atoms with E-state index in [4.69, 9.17) is 9.84 Å². The Kier molecular flexibility index (Phi) is 2.84. The first-order chi connectivity index (χ1) is 6.15. The molecule has 1 aromatic heterocycles. The number of rotatable bonds is 3. The second kappa shape index (κ2) is 3.89. The summed E-state index contributed by atoms with van der Waals surface area (Å²) in [5.74, 6) is -0.948. The molecule has 0 radical (unpaired) electrons. The molecule has 0 bridgehead atoms. The number of aliphatic carboxylic acids is 1. The van der Waals surface area contributed by atoms with Crippen molar-refractivity contribution in [3.05, 3.63) is 23.9 Å². The van der Waals surface area contributed by atoms with Gasteiger partial charge in [0.1, 0.15) is 0 Å². The van der Waals surface area contributed by atoms with Gasteiger partial charge in [0.05, 0.1) is 13.0 Å². The molecule has 0 fully saturated rings. The SMILES string of the molecule is COc1cc(C(C)C(=O)O)ccn1. The number of carboxylic acid groups (broad SMARTS) is 1. The highest BCUT2D eigenvalue weighted by atomic mass is 16.5. The maximum Gasteiger partial charge on any atom is 0.310 e. The average molecular weight is 181 g/mol. The first-order valence-electron chi connectivity index (χ1n) is 3.88. The van der Waals surface area contributed by atoms with Crippen molar-refractivity contribution in [2.24, 2.45) is 0 Å². The second-order valence-electron chi connectivity index (χ2n) is 2.69. The molecule has 1 unspecified atom stereocenters. The van der Waals surface area contributed by atoms with Crippen LogP contribution in [0.15, 0.2) is 18.3 Å². The summed E-state index contributed by atoms with van der Waals surface area (Å²) >= 11 is 0. The molecule has 0 amide bonds. The predicted octanol–water partition coefficient (Wildman–Crippen LogP) is 1.28. The van der Waals surface area contributed by atoms with Crippen LogP contribution in [0.3, 0.4) is 0 Å². The van der Waals surface area contributed by atoms with Gasteiger partial charge in [-0.2, -0.15) is 0 Å². The van der Waals surface area contributed by atoms with E-state index in [-0.39, 0.29) is 0 Å². The van der Waals surface area contributed by atoms with E-state index in [1.807, 2.05) is 0 Å². The van der Waals surface area contributed by atoms with Gasteiger partial charge < -0.3 is 9.84 Å². The normalized spacial score (nSPS) is 12.2. The van der Waals surface area contributed by atoms with Crippen LogP contribution in [0.4, 0.5) is 0 Å². The summed E-state index contributed by atoms with van der Waals surface area (Å²) in [6.07, 6.45) is 1.54. The Hall–Kier alpha value is -1.58. The van der Waals surface area contributed by atoms with Crippen LogP contribution < -0.4 is 4.74 Å². The zero-order chi connectivity index (χ0) is 9.84. The van der Waals surface area contributed by atoms with Crippen molar-refractivity contribution in [3.8, 4) is 5.88 Å². The Balaban J connectivity index is 2.94. The summed E-state index contributed by atoms with van der Waals surface area (Å²) in [7, 11) is 1.50. The van der Waals surface area contributed by atoms with Gasteiger partial charge in [-0.15, -0.1) is 0 Å². The molecule has 1 atom stereocenters. The number of pyridine rings is 1. The number of carboxylic acids is 1. The molecule has 4 nitrogen and oxygen atoms in total. The fourth-order valence-corrected chi connectivity index (χ4v) is 0.948. The van der Waals surface area contributed by atoms with Crippen LogP contribution in [0, 0.1) is 0 Å². The number of aromatic nitrogens is 1. The van der Waals surface area contributed by atoms with E-state index in [0.29, 0.717) is 11.4 Å². The number of hydrogen-bond acceptors (Lipinski definition) is 3.